The van der Waals surface area contributed by atoms with Crippen LogP contribution in [0.25, 0.3) is 0 Å². The van der Waals surface area contributed by atoms with Crippen LogP contribution in [-0.2, 0) is 18.9 Å². The summed E-state index contributed by atoms with van der Waals surface area (Å²) < 4.78 is 20.1. The first-order valence-electron chi connectivity index (χ1n) is 8.98. The van der Waals surface area contributed by atoms with Crippen LogP contribution in [0.3, 0.4) is 0 Å². The fraction of sp³-hybridized carbons (Fsp3) is 0.368. The predicted molar refractivity (Wildman–Crippen MR) is 105 cm³/mol. The number of rotatable bonds is 6. The van der Waals surface area contributed by atoms with Crippen molar-refractivity contribution in [3.63, 3.8) is 0 Å². The summed E-state index contributed by atoms with van der Waals surface area (Å²) in [6.45, 7) is 7.00. The van der Waals surface area contributed by atoms with Gasteiger partial charge >= 0.3 is 12.3 Å². The maximum Gasteiger partial charge on any atom is 0.515 e. The van der Waals surface area contributed by atoms with Gasteiger partial charge in [-0.15, -0.1) is 0 Å². The van der Waals surface area contributed by atoms with Gasteiger partial charge in [-0.05, 0) is 25.8 Å². The van der Waals surface area contributed by atoms with Crippen LogP contribution in [0.4, 0.5) is 21.0 Å². The molecule has 1 N–H and O–H groups in total. The lowest BCUT2D eigenvalue weighted by molar-refractivity contribution is -0.384. The molecular formula is C19H23N3O8. The van der Waals surface area contributed by atoms with Crippen molar-refractivity contribution < 1.29 is 33.5 Å². The third-order valence-corrected chi connectivity index (χ3v) is 3.80. The summed E-state index contributed by atoms with van der Waals surface area (Å²) in [5.74, 6) is -0.236. The molecule has 0 saturated heterocycles. The zero-order chi connectivity index (χ0) is 22.4. The Hall–Kier alpha value is -3.76. The predicted octanol–water partition coefficient (Wildman–Crippen LogP) is 3.97. The molecule has 162 valence electrons. The van der Waals surface area contributed by atoms with Crippen LogP contribution in [0.1, 0.15) is 27.7 Å². The molecule has 0 fully saturated rings. The minimum Gasteiger partial charge on any atom is -0.437 e. The summed E-state index contributed by atoms with van der Waals surface area (Å²) in [5.41, 5.74) is 0.374. The second-order valence-corrected chi connectivity index (χ2v) is 6.68. The molecule has 1 aromatic carbocycles. The topological polar surface area (TPSA) is 129 Å². The molecule has 0 amide bonds. The summed E-state index contributed by atoms with van der Waals surface area (Å²) in [6, 6.07) is 5.73. The monoisotopic (exact) mass is 421 g/mol. The first-order chi connectivity index (χ1) is 14.1. The number of nitro benzene ring substituents is 1. The number of carbonyl (C=O) groups is 2. The fourth-order valence-corrected chi connectivity index (χ4v) is 2.55. The highest BCUT2D eigenvalue weighted by Gasteiger charge is 2.36. The van der Waals surface area contributed by atoms with E-state index in [1.54, 1.807) is 19.9 Å². The van der Waals surface area contributed by atoms with E-state index >= 15 is 0 Å². The highest BCUT2D eigenvalue weighted by Crippen LogP contribution is 2.37. The number of methoxy groups -OCH3 is 1. The Labute approximate surface area is 173 Å². The second-order valence-electron chi connectivity index (χ2n) is 6.68. The number of nitrogens with zero attached hydrogens (tertiary/aromatic N) is 2. The van der Waals surface area contributed by atoms with Gasteiger partial charge in [0.05, 0.1) is 30.0 Å². The van der Waals surface area contributed by atoms with Crippen molar-refractivity contribution in [3.8, 4) is 0 Å². The van der Waals surface area contributed by atoms with E-state index in [1.165, 1.54) is 18.2 Å². The average molecular weight is 421 g/mol. The van der Waals surface area contributed by atoms with E-state index in [2.05, 4.69) is 10.1 Å². The number of para-hydroxylation sites is 2. The van der Waals surface area contributed by atoms with Gasteiger partial charge in [0.25, 0.3) is 5.69 Å². The lowest BCUT2D eigenvalue weighted by Gasteiger charge is -2.33. The molecule has 0 aliphatic carbocycles. The van der Waals surface area contributed by atoms with Crippen molar-refractivity contribution in [3.05, 3.63) is 57.5 Å². The van der Waals surface area contributed by atoms with Crippen molar-refractivity contribution in [1.82, 2.24) is 5.32 Å². The van der Waals surface area contributed by atoms with Crippen LogP contribution in [-0.4, -0.2) is 31.0 Å². The molecule has 0 saturated carbocycles. The van der Waals surface area contributed by atoms with Gasteiger partial charge in [-0.1, -0.05) is 26.0 Å². The molecule has 1 aliphatic heterocycles. The molecule has 0 spiro atoms. The Morgan fingerprint density at radius 3 is 2.20 bits per heavy atom. The SMILES string of the molecule is COC(=O)OC1=C(C)NC(C)=C(OC(=O)OCC(C)C)N1c1ccccc1[N+](=O)[O-]. The van der Waals surface area contributed by atoms with Gasteiger partial charge in [-0.25, -0.2) is 14.5 Å². The number of anilines is 1. The van der Waals surface area contributed by atoms with Crippen LogP contribution >= 0.6 is 0 Å². The van der Waals surface area contributed by atoms with E-state index in [9.17, 15) is 19.7 Å². The zero-order valence-electron chi connectivity index (χ0n) is 17.3. The number of nitro groups is 1. The van der Waals surface area contributed by atoms with E-state index in [1.807, 2.05) is 13.8 Å². The van der Waals surface area contributed by atoms with Crippen LogP contribution in [0.2, 0.25) is 0 Å². The summed E-state index contributed by atoms with van der Waals surface area (Å²) in [5, 5.41) is 14.5. The maximum atomic E-state index is 12.2. The molecule has 0 radical (unpaired) electrons. The number of allylic oxidation sites excluding steroid dienone is 2. The highest BCUT2D eigenvalue weighted by molar-refractivity contribution is 5.73. The minimum absolute atomic E-state index is 0.00765. The summed E-state index contributed by atoms with van der Waals surface area (Å²) in [6.07, 6.45) is -2.07. The number of benzene rings is 1. The molecule has 30 heavy (non-hydrogen) atoms. The van der Waals surface area contributed by atoms with E-state index in [-0.39, 0.29) is 35.7 Å². The van der Waals surface area contributed by atoms with Crippen molar-refractivity contribution in [1.29, 1.82) is 0 Å². The molecule has 1 aromatic rings. The number of carbonyl (C=O) groups excluding carboxylic acids is 2. The number of hydrogen-bond donors (Lipinski definition) is 1. The van der Waals surface area contributed by atoms with Crippen molar-refractivity contribution in [2.75, 3.05) is 18.6 Å². The molecule has 0 bridgehead atoms. The first kappa shape index (κ1) is 22.5. The van der Waals surface area contributed by atoms with Crippen LogP contribution in [0, 0.1) is 16.0 Å². The maximum absolute atomic E-state index is 12.2. The van der Waals surface area contributed by atoms with Gasteiger partial charge < -0.3 is 24.3 Å². The van der Waals surface area contributed by atoms with Crippen molar-refractivity contribution >= 4 is 23.7 Å². The summed E-state index contributed by atoms with van der Waals surface area (Å²) in [7, 11) is 1.12. The van der Waals surface area contributed by atoms with E-state index < -0.39 is 17.2 Å². The second kappa shape index (κ2) is 9.63. The van der Waals surface area contributed by atoms with Gasteiger partial charge in [-0.2, -0.15) is 0 Å². The Balaban J connectivity index is 2.55. The minimum atomic E-state index is -1.06. The van der Waals surface area contributed by atoms with Gasteiger partial charge in [0.2, 0.25) is 11.8 Å². The van der Waals surface area contributed by atoms with Crippen LogP contribution in [0.5, 0.6) is 0 Å². The van der Waals surface area contributed by atoms with Crippen molar-refractivity contribution in [2.45, 2.75) is 27.7 Å². The molecule has 1 aliphatic rings. The van der Waals surface area contributed by atoms with E-state index in [4.69, 9.17) is 14.2 Å². The number of hydrogen-bond acceptors (Lipinski definition) is 10. The average Bonchev–Trinajstić information content (AvgIpc) is 2.69. The molecule has 11 nitrogen and oxygen atoms in total. The lowest BCUT2D eigenvalue weighted by atomic mass is 10.2. The molecule has 11 heteroatoms. The third-order valence-electron chi connectivity index (χ3n) is 3.80. The third kappa shape index (κ3) is 5.19. The molecule has 0 atom stereocenters. The lowest BCUT2D eigenvalue weighted by Crippen LogP contribution is -2.38. The Morgan fingerprint density at radius 2 is 1.67 bits per heavy atom. The van der Waals surface area contributed by atoms with Crippen molar-refractivity contribution in [2.24, 2.45) is 5.92 Å². The van der Waals surface area contributed by atoms with Gasteiger partial charge in [0, 0.05) is 6.07 Å². The molecule has 0 unspecified atom stereocenters. The molecule has 0 aromatic heterocycles. The smallest absolute Gasteiger partial charge is 0.437 e. The molecule has 1 heterocycles. The van der Waals surface area contributed by atoms with Gasteiger partial charge in [0.1, 0.15) is 5.69 Å². The highest BCUT2D eigenvalue weighted by atomic mass is 16.7. The molecule has 2 rings (SSSR count). The van der Waals surface area contributed by atoms with Crippen LogP contribution in [0.15, 0.2) is 47.4 Å². The Morgan fingerprint density at radius 1 is 1.10 bits per heavy atom. The standard InChI is InChI=1S/C19H23N3O8/c1-11(2)10-28-19(24)30-17-13(4)20-12(3)16(29-18(23)27-5)21(17)14-8-6-7-9-15(14)22(25)26/h6-9,11,20H,10H2,1-5H3. The van der Waals surface area contributed by atoms with E-state index in [0.717, 1.165) is 12.0 Å². The summed E-state index contributed by atoms with van der Waals surface area (Å²) in [4.78, 5) is 36.1. The fourth-order valence-electron chi connectivity index (χ4n) is 2.55. The Kier molecular flexibility index (Phi) is 7.23. The summed E-state index contributed by atoms with van der Waals surface area (Å²) >= 11 is 0. The largest absolute Gasteiger partial charge is 0.515 e. The number of nitrogens with one attached hydrogen (secondary N) is 1. The number of ether oxygens (including phenoxy) is 4. The quantitative estimate of drug-likeness (QED) is 0.409. The van der Waals surface area contributed by atoms with Gasteiger partial charge in [-0.3, -0.25) is 10.1 Å². The van der Waals surface area contributed by atoms with E-state index in [0.29, 0.717) is 11.4 Å². The Bertz CT molecular complexity index is 907. The normalized spacial score (nSPS) is 13.7. The zero-order valence-corrected chi connectivity index (χ0v) is 17.3. The van der Waals surface area contributed by atoms with Crippen LogP contribution < -0.4 is 10.2 Å². The molecular weight excluding hydrogens is 398 g/mol. The van der Waals surface area contributed by atoms with Gasteiger partial charge in [0.15, 0.2) is 0 Å². The first-order valence-corrected chi connectivity index (χ1v) is 8.98.